The number of nitrogens with one attached hydrogen (secondary N) is 1. The first-order chi connectivity index (χ1) is 9.56. The minimum absolute atomic E-state index is 0.0918. The number of aryl methyl sites for hydroxylation is 2. The van der Waals surface area contributed by atoms with Gasteiger partial charge in [0.1, 0.15) is 5.54 Å². The second-order valence-corrected chi connectivity index (χ2v) is 5.40. The Morgan fingerprint density at radius 1 is 1.35 bits per heavy atom. The largest absolute Gasteiger partial charge is 0.381 e. The number of ether oxygens (including phenoxy) is 1. The predicted octanol–water partition coefficient (Wildman–Crippen LogP) is 2.03. The van der Waals surface area contributed by atoms with Crippen LogP contribution >= 0.6 is 0 Å². The van der Waals surface area contributed by atoms with Crippen molar-refractivity contribution >= 4 is 5.91 Å². The molecule has 1 aliphatic rings. The third-order valence-electron chi connectivity index (χ3n) is 3.92. The van der Waals surface area contributed by atoms with Crippen molar-refractivity contribution in [2.24, 2.45) is 0 Å². The van der Waals surface area contributed by atoms with Crippen LogP contribution in [0, 0.1) is 25.2 Å². The Bertz CT molecular complexity index is 520. The van der Waals surface area contributed by atoms with E-state index in [2.05, 4.69) is 11.4 Å². The number of carbonyl (C=O) groups excluding carboxylic acids is 1. The highest BCUT2D eigenvalue weighted by Gasteiger charge is 2.34. The molecule has 4 nitrogen and oxygen atoms in total. The Hall–Kier alpha value is -1.86. The summed E-state index contributed by atoms with van der Waals surface area (Å²) >= 11 is 0. The van der Waals surface area contributed by atoms with E-state index in [1.54, 1.807) is 0 Å². The lowest BCUT2D eigenvalue weighted by atomic mass is 9.91. The maximum Gasteiger partial charge on any atom is 0.225 e. The Kier molecular flexibility index (Phi) is 4.41. The maximum atomic E-state index is 12.2. The first kappa shape index (κ1) is 14.5. The number of hydrogen-bond donors (Lipinski definition) is 1. The van der Waals surface area contributed by atoms with Gasteiger partial charge < -0.3 is 10.1 Å². The van der Waals surface area contributed by atoms with Crippen molar-refractivity contribution in [3.8, 4) is 6.07 Å². The van der Waals surface area contributed by atoms with Crippen LogP contribution in [-0.4, -0.2) is 24.7 Å². The molecule has 1 aromatic rings. The van der Waals surface area contributed by atoms with Gasteiger partial charge in [-0.3, -0.25) is 4.79 Å². The summed E-state index contributed by atoms with van der Waals surface area (Å²) in [6.45, 7) is 5.06. The van der Waals surface area contributed by atoms with E-state index in [-0.39, 0.29) is 5.91 Å². The van der Waals surface area contributed by atoms with Crippen molar-refractivity contribution in [2.75, 3.05) is 13.2 Å². The summed E-state index contributed by atoms with van der Waals surface area (Å²) in [5, 5.41) is 12.3. The van der Waals surface area contributed by atoms with E-state index in [4.69, 9.17) is 4.74 Å². The smallest absolute Gasteiger partial charge is 0.225 e. The van der Waals surface area contributed by atoms with Crippen LogP contribution in [0.4, 0.5) is 0 Å². The topological polar surface area (TPSA) is 62.1 Å². The van der Waals surface area contributed by atoms with Gasteiger partial charge in [0.2, 0.25) is 5.91 Å². The van der Waals surface area contributed by atoms with E-state index < -0.39 is 5.54 Å². The van der Waals surface area contributed by atoms with Crippen molar-refractivity contribution in [3.05, 3.63) is 34.9 Å². The van der Waals surface area contributed by atoms with Gasteiger partial charge in [0.05, 0.1) is 12.5 Å². The summed E-state index contributed by atoms with van der Waals surface area (Å²) in [5.41, 5.74) is 2.51. The molecule has 0 unspecified atom stereocenters. The van der Waals surface area contributed by atoms with Crippen LogP contribution in [0.3, 0.4) is 0 Å². The van der Waals surface area contributed by atoms with Gasteiger partial charge in [0, 0.05) is 26.1 Å². The molecule has 1 aromatic carbocycles. The van der Waals surface area contributed by atoms with Gasteiger partial charge >= 0.3 is 0 Å². The third-order valence-corrected chi connectivity index (χ3v) is 3.92. The fraction of sp³-hybridized carbons (Fsp3) is 0.500. The quantitative estimate of drug-likeness (QED) is 0.915. The monoisotopic (exact) mass is 272 g/mol. The Labute approximate surface area is 119 Å². The zero-order chi connectivity index (χ0) is 14.6. The van der Waals surface area contributed by atoms with E-state index in [0.29, 0.717) is 32.5 Å². The Morgan fingerprint density at radius 2 is 1.95 bits per heavy atom. The van der Waals surface area contributed by atoms with Crippen LogP contribution in [0.1, 0.15) is 29.5 Å². The molecule has 1 N–H and O–H groups in total. The minimum atomic E-state index is -0.758. The van der Waals surface area contributed by atoms with E-state index in [1.165, 1.54) is 0 Å². The lowest BCUT2D eigenvalue weighted by Crippen LogP contribution is -2.51. The summed E-state index contributed by atoms with van der Waals surface area (Å²) in [4.78, 5) is 12.2. The molecule has 0 aromatic heterocycles. The van der Waals surface area contributed by atoms with Crippen LogP contribution in [0.5, 0.6) is 0 Å². The molecule has 1 amide bonds. The van der Waals surface area contributed by atoms with Gasteiger partial charge in [-0.2, -0.15) is 5.26 Å². The number of carbonyl (C=O) groups is 1. The standard InChI is InChI=1S/C16H20N2O2/c1-12-4-3-5-13(2)14(12)10-15(19)18-16(11-17)6-8-20-9-7-16/h3-5H,6-10H2,1-2H3,(H,18,19). The van der Waals surface area contributed by atoms with E-state index in [1.807, 2.05) is 32.0 Å². The fourth-order valence-electron chi connectivity index (χ4n) is 2.58. The molecule has 0 bridgehead atoms. The van der Waals surface area contributed by atoms with Crippen LogP contribution in [0.25, 0.3) is 0 Å². The van der Waals surface area contributed by atoms with Gasteiger partial charge in [-0.1, -0.05) is 18.2 Å². The number of amides is 1. The highest BCUT2D eigenvalue weighted by molar-refractivity contribution is 5.80. The van der Waals surface area contributed by atoms with E-state index in [0.717, 1.165) is 16.7 Å². The second-order valence-electron chi connectivity index (χ2n) is 5.40. The van der Waals surface area contributed by atoms with Crippen molar-refractivity contribution < 1.29 is 9.53 Å². The average molecular weight is 272 g/mol. The number of hydrogen-bond acceptors (Lipinski definition) is 3. The van der Waals surface area contributed by atoms with Crippen molar-refractivity contribution in [1.29, 1.82) is 5.26 Å². The number of nitrogens with zero attached hydrogens (tertiary/aromatic N) is 1. The highest BCUT2D eigenvalue weighted by atomic mass is 16.5. The second kappa shape index (κ2) is 6.06. The molecule has 0 radical (unpaired) electrons. The average Bonchev–Trinajstić information content (AvgIpc) is 2.44. The Balaban J connectivity index is 2.07. The van der Waals surface area contributed by atoms with Crippen LogP contribution in [0.2, 0.25) is 0 Å². The number of nitriles is 1. The third kappa shape index (κ3) is 3.17. The SMILES string of the molecule is Cc1cccc(C)c1CC(=O)NC1(C#N)CCOCC1. The molecule has 20 heavy (non-hydrogen) atoms. The minimum Gasteiger partial charge on any atom is -0.381 e. The summed E-state index contributed by atoms with van der Waals surface area (Å²) in [7, 11) is 0. The molecule has 0 spiro atoms. The molecule has 1 heterocycles. The Morgan fingerprint density at radius 3 is 2.50 bits per heavy atom. The lowest BCUT2D eigenvalue weighted by molar-refractivity contribution is -0.122. The van der Waals surface area contributed by atoms with Gasteiger partial charge in [0.25, 0.3) is 0 Å². The molecule has 1 fully saturated rings. The highest BCUT2D eigenvalue weighted by Crippen LogP contribution is 2.20. The molecule has 0 saturated carbocycles. The van der Waals surface area contributed by atoms with Crippen molar-refractivity contribution in [2.45, 2.75) is 38.6 Å². The summed E-state index contributed by atoms with van der Waals surface area (Å²) < 4.78 is 5.26. The van der Waals surface area contributed by atoms with Crippen LogP contribution in [-0.2, 0) is 16.0 Å². The van der Waals surface area contributed by atoms with Gasteiger partial charge in [-0.05, 0) is 30.5 Å². The van der Waals surface area contributed by atoms with Gasteiger partial charge in [-0.25, -0.2) is 0 Å². The zero-order valence-corrected chi connectivity index (χ0v) is 12.0. The van der Waals surface area contributed by atoms with E-state index >= 15 is 0 Å². The summed E-state index contributed by atoms with van der Waals surface area (Å²) in [5.74, 6) is -0.0918. The normalized spacial score (nSPS) is 17.2. The van der Waals surface area contributed by atoms with E-state index in [9.17, 15) is 10.1 Å². The molecule has 2 rings (SSSR count). The molecule has 0 atom stereocenters. The fourth-order valence-corrected chi connectivity index (χ4v) is 2.58. The first-order valence-electron chi connectivity index (χ1n) is 6.91. The number of benzene rings is 1. The maximum absolute atomic E-state index is 12.2. The molecule has 1 aliphatic heterocycles. The summed E-state index contributed by atoms with van der Waals surface area (Å²) in [6, 6.07) is 8.25. The first-order valence-corrected chi connectivity index (χ1v) is 6.91. The number of rotatable bonds is 3. The lowest BCUT2D eigenvalue weighted by Gasteiger charge is -2.31. The molecule has 4 heteroatoms. The molecule has 106 valence electrons. The molecule has 1 saturated heterocycles. The van der Waals surface area contributed by atoms with Gasteiger partial charge in [-0.15, -0.1) is 0 Å². The zero-order valence-electron chi connectivity index (χ0n) is 12.0. The van der Waals surface area contributed by atoms with Crippen molar-refractivity contribution in [1.82, 2.24) is 5.32 Å². The summed E-state index contributed by atoms with van der Waals surface area (Å²) in [6.07, 6.45) is 1.44. The van der Waals surface area contributed by atoms with Crippen LogP contribution in [0.15, 0.2) is 18.2 Å². The predicted molar refractivity (Wildman–Crippen MR) is 76.2 cm³/mol. The van der Waals surface area contributed by atoms with Gasteiger partial charge in [0.15, 0.2) is 0 Å². The van der Waals surface area contributed by atoms with Crippen LogP contribution < -0.4 is 5.32 Å². The molecular formula is C16H20N2O2. The van der Waals surface area contributed by atoms with Crippen molar-refractivity contribution in [3.63, 3.8) is 0 Å². The molecular weight excluding hydrogens is 252 g/mol. The molecule has 0 aliphatic carbocycles.